The van der Waals surface area contributed by atoms with E-state index in [4.69, 9.17) is 4.98 Å². The normalized spacial score (nSPS) is 21.9. The fourth-order valence-corrected chi connectivity index (χ4v) is 6.83. The van der Waals surface area contributed by atoms with Gasteiger partial charge in [-0.05, 0) is 56.7 Å². The summed E-state index contributed by atoms with van der Waals surface area (Å²) in [5.41, 5.74) is 0.693. The first kappa shape index (κ1) is 24.9. The van der Waals surface area contributed by atoms with E-state index in [1.165, 1.54) is 25.0 Å². The van der Waals surface area contributed by atoms with Crippen molar-refractivity contribution in [3.05, 3.63) is 41.1 Å². The van der Waals surface area contributed by atoms with Crippen LogP contribution in [0.4, 0.5) is 18.0 Å². The number of aromatic nitrogens is 5. The van der Waals surface area contributed by atoms with Crippen LogP contribution in [0.3, 0.4) is 0 Å². The molecule has 4 heterocycles. The Labute approximate surface area is 223 Å². The number of nitrogens with zero attached hydrogens (tertiary/aromatic N) is 6. The average molecular weight is 544 g/mol. The Morgan fingerprint density at radius 3 is 2.46 bits per heavy atom. The van der Waals surface area contributed by atoms with Gasteiger partial charge in [0.25, 0.3) is 0 Å². The van der Waals surface area contributed by atoms with Gasteiger partial charge < -0.3 is 14.9 Å². The zero-order valence-electron chi connectivity index (χ0n) is 21.6. The van der Waals surface area contributed by atoms with Crippen molar-refractivity contribution in [1.82, 2.24) is 34.8 Å². The second-order valence-electron chi connectivity index (χ2n) is 11.9. The lowest BCUT2D eigenvalue weighted by atomic mass is 9.57. The molecule has 0 unspecified atom stereocenters. The number of H-pyrrole nitrogens is 1. The molecule has 9 nitrogen and oxygen atoms in total. The van der Waals surface area contributed by atoms with E-state index in [9.17, 15) is 23.1 Å². The van der Waals surface area contributed by atoms with Crippen molar-refractivity contribution in [1.29, 1.82) is 0 Å². The number of carbonyl (C=O) groups is 1. The topological polar surface area (TPSA) is 103 Å². The number of piperidine rings is 1. The average Bonchev–Trinajstić information content (AvgIpc) is 3.50. The largest absolute Gasteiger partial charge is 0.416 e. The molecule has 4 aliphatic rings. The summed E-state index contributed by atoms with van der Waals surface area (Å²) >= 11 is 0. The molecule has 0 bridgehead atoms. The van der Waals surface area contributed by atoms with Crippen LogP contribution in [0.2, 0.25) is 0 Å². The monoisotopic (exact) mass is 543 g/mol. The molecule has 4 fully saturated rings. The van der Waals surface area contributed by atoms with Crippen LogP contribution in [0.15, 0.2) is 18.2 Å². The first-order valence-corrected chi connectivity index (χ1v) is 13.9. The van der Waals surface area contributed by atoms with Gasteiger partial charge in [-0.15, -0.1) is 0 Å². The maximum Gasteiger partial charge on any atom is 0.416 e. The number of hydrogen-bond acceptors (Lipinski definition) is 5. The smallest absolute Gasteiger partial charge is 0.394 e. The number of aliphatic hydroxyl groups is 1. The third kappa shape index (κ3) is 4.36. The van der Waals surface area contributed by atoms with Gasteiger partial charge in [0.15, 0.2) is 5.82 Å². The number of urea groups is 1. The van der Waals surface area contributed by atoms with Crippen LogP contribution in [0, 0.1) is 5.41 Å². The lowest BCUT2D eigenvalue weighted by Crippen LogP contribution is -2.65. The fourth-order valence-electron chi connectivity index (χ4n) is 6.83. The molecule has 7 rings (SSSR count). The predicted molar refractivity (Wildman–Crippen MR) is 135 cm³/mol. The Balaban J connectivity index is 0.963. The Bertz CT molecular complexity index is 1390. The minimum atomic E-state index is -4.44. The molecule has 0 atom stereocenters. The number of hydrogen-bond donors (Lipinski definition) is 2. The summed E-state index contributed by atoms with van der Waals surface area (Å²) in [4.78, 5) is 21.7. The highest BCUT2D eigenvalue weighted by Crippen LogP contribution is 2.56. The molecule has 0 radical (unpaired) electrons. The van der Waals surface area contributed by atoms with Crippen LogP contribution >= 0.6 is 0 Å². The van der Waals surface area contributed by atoms with Gasteiger partial charge in [-0.25, -0.2) is 9.78 Å². The van der Waals surface area contributed by atoms with Gasteiger partial charge >= 0.3 is 12.2 Å². The highest BCUT2D eigenvalue weighted by Gasteiger charge is 2.55. The van der Waals surface area contributed by atoms with E-state index < -0.39 is 11.7 Å². The number of amides is 2. The molecule has 2 N–H and O–H groups in total. The number of aliphatic hydroxyl groups excluding tert-OH is 1. The van der Waals surface area contributed by atoms with Gasteiger partial charge in [0, 0.05) is 54.7 Å². The van der Waals surface area contributed by atoms with E-state index in [1.54, 1.807) is 4.68 Å². The van der Waals surface area contributed by atoms with Crippen LogP contribution in [0.5, 0.6) is 0 Å². The van der Waals surface area contributed by atoms with Crippen molar-refractivity contribution in [2.24, 2.45) is 5.41 Å². The van der Waals surface area contributed by atoms with E-state index in [1.807, 2.05) is 9.80 Å². The van der Waals surface area contributed by atoms with E-state index in [2.05, 4.69) is 15.3 Å². The molecule has 2 aromatic heterocycles. The van der Waals surface area contributed by atoms with Crippen molar-refractivity contribution >= 4 is 16.9 Å². The van der Waals surface area contributed by atoms with Gasteiger partial charge in [0.1, 0.15) is 5.82 Å². The summed E-state index contributed by atoms with van der Waals surface area (Å²) in [5, 5.41) is 22.0. The van der Waals surface area contributed by atoms with E-state index in [0.29, 0.717) is 54.4 Å². The number of benzene rings is 1. The van der Waals surface area contributed by atoms with E-state index in [0.717, 1.165) is 43.6 Å². The fraction of sp³-hybridized carbons (Fsp3) is 0.630. The highest BCUT2D eigenvalue weighted by molar-refractivity contribution is 5.83. The number of alkyl halides is 3. The van der Waals surface area contributed by atoms with E-state index >= 15 is 0 Å². The Kier molecular flexibility index (Phi) is 5.70. The third-order valence-corrected chi connectivity index (χ3v) is 9.10. The molecule has 2 saturated heterocycles. The lowest BCUT2D eigenvalue weighted by Gasteiger charge is -2.59. The van der Waals surface area contributed by atoms with Gasteiger partial charge in [-0.1, -0.05) is 0 Å². The summed E-state index contributed by atoms with van der Waals surface area (Å²) in [6.07, 6.45) is 1.27. The number of carbonyl (C=O) groups excluding carboxylic acids is 1. The molecule has 2 amide bonds. The maximum absolute atomic E-state index is 13.4. The number of nitrogens with one attached hydrogen (secondary N) is 1. The zero-order chi connectivity index (χ0) is 26.9. The minimum absolute atomic E-state index is 0.0445. The molecule has 3 aromatic rings. The van der Waals surface area contributed by atoms with Crippen molar-refractivity contribution in [2.75, 3.05) is 32.8 Å². The quantitative estimate of drug-likeness (QED) is 0.502. The molecule has 1 spiro atoms. The molecule has 2 aliphatic heterocycles. The van der Waals surface area contributed by atoms with Crippen molar-refractivity contribution in [3.63, 3.8) is 0 Å². The first-order valence-electron chi connectivity index (χ1n) is 13.9. The highest BCUT2D eigenvalue weighted by atomic mass is 19.4. The summed E-state index contributed by atoms with van der Waals surface area (Å²) < 4.78 is 41.8. The number of likely N-dealkylation sites (tertiary alicyclic amines) is 2. The minimum Gasteiger partial charge on any atom is -0.394 e. The van der Waals surface area contributed by atoms with Crippen molar-refractivity contribution in [2.45, 2.75) is 69.0 Å². The molecule has 12 heteroatoms. The number of fused-ring (bicyclic) bond motifs is 1. The second-order valence-corrected chi connectivity index (χ2v) is 11.9. The SMILES string of the molecule is O=C(N1CCC(c2nn(CCO)c3ccc(C(F)(F)F)cc23)CC1)N1CC2(CC(c3n[nH]c(C4CC4)n3)C2)C1. The third-order valence-electron chi connectivity index (χ3n) is 9.10. The summed E-state index contributed by atoms with van der Waals surface area (Å²) in [6, 6.07) is 3.71. The van der Waals surface area contributed by atoms with Gasteiger partial charge in [0.2, 0.25) is 0 Å². The van der Waals surface area contributed by atoms with E-state index in [-0.39, 0.29) is 30.5 Å². The Hall–Kier alpha value is -3.15. The molecule has 1 aromatic carbocycles. The number of rotatable bonds is 5. The predicted octanol–water partition coefficient (Wildman–Crippen LogP) is 4.22. The van der Waals surface area contributed by atoms with Gasteiger partial charge in [-0.2, -0.15) is 23.4 Å². The van der Waals surface area contributed by atoms with Crippen LogP contribution in [0.25, 0.3) is 10.9 Å². The summed E-state index contributed by atoms with van der Waals surface area (Å²) in [7, 11) is 0. The number of aromatic amines is 1. The van der Waals surface area contributed by atoms with Crippen molar-refractivity contribution in [3.8, 4) is 0 Å². The second kappa shape index (κ2) is 8.94. The van der Waals surface area contributed by atoms with Gasteiger partial charge in [0.05, 0.1) is 29.9 Å². The molecular formula is C27H32F3N7O2. The molecule has 2 saturated carbocycles. The molecule has 208 valence electrons. The Morgan fingerprint density at radius 2 is 1.79 bits per heavy atom. The maximum atomic E-state index is 13.4. The van der Waals surface area contributed by atoms with Crippen LogP contribution in [-0.4, -0.2) is 78.7 Å². The molecule has 39 heavy (non-hydrogen) atoms. The lowest BCUT2D eigenvalue weighted by molar-refractivity contribution is -0.137. The van der Waals surface area contributed by atoms with Crippen LogP contribution in [0.1, 0.15) is 79.2 Å². The van der Waals surface area contributed by atoms with Crippen LogP contribution < -0.4 is 0 Å². The summed E-state index contributed by atoms with van der Waals surface area (Å²) in [5.74, 6) is 2.84. The van der Waals surface area contributed by atoms with Crippen LogP contribution in [-0.2, 0) is 12.7 Å². The molecule has 2 aliphatic carbocycles. The first-order chi connectivity index (χ1) is 18.7. The molecular weight excluding hydrogens is 511 g/mol. The Morgan fingerprint density at radius 1 is 1.05 bits per heavy atom. The standard InChI is InChI=1S/C27H32F3N7O2/c28-27(29,30)19-3-4-21-20(11-19)22(34-37(21)9-10-38)16-5-7-35(8-6-16)25(39)36-14-26(15-36)12-18(13-26)24-31-23(32-33-24)17-1-2-17/h3-4,11,16-18,38H,1-2,5-10,12-15H2,(H,31,32,33). The van der Waals surface area contributed by atoms with Gasteiger partial charge in [-0.3, -0.25) is 9.78 Å². The number of halogens is 3. The summed E-state index contributed by atoms with van der Waals surface area (Å²) in [6.45, 7) is 2.68. The van der Waals surface area contributed by atoms with Crippen molar-refractivity contribution < 1.29 is 23.1 Å². The zero-order valence-corrected chi connectivity index (χ0v) is 21.6.